The topological polar surface area (TPSA) is 21.3 Å². The molecule has 1 aromatic rings. The lowest BCUT2D eigenvalue weighted by atomic mass is 10.1. The Bertz CT molecular complexity index is 384. The minimum Gasteiger partial charge on any atom is -0.383 e. The molecule has 0 spiro atoms. The lowest BCUT2D eigenvalue weighted by Crippen LogP contribution is -2.15. The molecule has 1 aliphatic carbocycles. The van der Waals surface area contributed by atoms with E-state index in [1.54, 1.807) is 0 Å². The van der Waals surface area contributed by atoms with Crippen LogP contribution in [0, 0.1) is 5.92 Å². The van der Waals surface area contributed by atoms with Gasteiger partial charge >= 0.3 is 0 Å². The van der Waals surface area contributed by atoms with E-state index in [0.717, 1.165) is 19.1 Å². The summed E-state index contributed by atoms with van der Waals surface area (Å²) in [4.78, 5) is 0. The Balaban J connectivity index is 1.64. The number of ether oxygens (including phenoxy) is 1. The highest BCUT2D eigenvalue weighted by molar-refractivity contribution is 5.49. The molecule has 1 saturated carbocycles. The molecule has 0 bridgehead atoms. The summed E-state index contributed by atoms with van der Waals surface area (Å²) in [7, 11) is 0. The van der Waals surface area contributed by atoms with Gasteiger partial charge in [-0.1, -0.05) is 18.9 Å². The summed E-state index contributed by atoms with van der Waals surface area (Å²) < 4.78 is 5.42. The summed E-state index contributed by atoms with van der Waals surface area (Å²) in [6.07, 6.45) is 4.18. The molecule has 2 heteroatoms. The van der Waals surface area contributed by atoms with E-state index in [9.17, 15) is 0 Å². The van der Waals surface area contributed by atoms with Gasteiger partial charge in [-0.25, -0.2) is 0 Å². The molecule has 0 amide bonds. The maximum atomic E-state index is 5.42. The molecule has 0 saturated heterocycles. The normalized spacial score (nSPS) is 20.6. The van der Waals surface area contributed by atoms with Crippen LogP contribution in [0.4, 0.5) is 5.69 Å². The predicted octanol–water partition coefficient (Wildman–Crippen LogP) is 3.32. The van der Waals surface area contributed by atoms with E-state index in [1.165, 1.54) is 36.1 Å². The largest absolute Gasteiger partial charge is 0.383 e. The zero-order valence-corrected chi connectivity index (χ0v) is 9.83. The first-order chi connectivity index (χ1) is 7.81. The molecular formula is C14H19NO. The molecule has 1 fully saturated rings. The Kier molecular flexibility index (Phi) is 2.60. The second kappa shape index (κ2) is 4.10. The van der Waals surface area contributed by atoms with Crippen LogP contribution in [0.2, 0.25) is 0 Å². The maximum absolute atomic E-state index is 5.42. The highest BCUT2D eigenvalue weighted by Gasteiger charge is 2.23. The van der Waals surface area contributed by atoms with Gasteiger partial charge in [-0.15, -0.1) is 0 Å². The van der Waals surface area contributed by atoms with Gasteiger partial charge in [0.2, 0.25) is 0 Å². The van der Waals surface area contributed by atoms with Crippen molar-refractivity contribution in [1.29, 1.82) is 0 Å². The highest BCUT2D eigenvalue weighted by atomic mass is 16.5. The summed E-state index contributed by atoms with van der Waals surface area (Å²) in [6.45, 7) is 3.84. The SMILES string of the molecule is CC(CC1CC1)Nc1ccc2c(c1)COC2. The van der Waals surface area contributed by atoms with Gasteiger partial charge in [0.25, 0.3) is 0 Å². The predicted molar refractivity (Wildman–Crippen MR) is 65.4 cm³/mol. The van der Waals surface area contributed by atoms with Crippen LogP contribution < -0.4 is 5.32 Å². The fourth-order valence-corrected chi connectivity index (χ4v) is 2.46. The van der Waals surface area contributed by atoms with Gasteiger partial charge in [-0.05, 0) is 42.5 Å². The Labute approximate surface area is 97.0 Å². The first-order valence-corrected chi connectivity index (χ1v) is 6.27. The zero-order chi connectivity index (χ0) is 11.0. The summed E-state index contributed by atoms with van der Waals surface area (Å²) >= 11 is 0. The second-order valence-electron chi connectivity index (χ2n) is 5.20. The molecule has 1 atom stereocenters. The minimum atomic E-state index is 0.591. The van der Waals surface area contributed by atoms with Crippen molar-refractivity contribution in [2.75, 3.05) is 5.32 Å². The average Bonchev–Trinajstić information content (AvgIpc) is 2.95. The molecule has 0 radical (unpaired) electrons. The van der Waals surface area contributed by atoms with Gasteiger partial charge in [0, 0.05) is 11.7 Å². The quantitative estimate of drug-likeness (QED) is 0.835. The fourth-order valence-electron chi connectivity index (χ4n) is 2.46. The van der Waals surface area contributed by atoms with Crippen LogP contribution in [0.5, 0.6) is 0 Å². The number of hydrogen-bond donors (Lipinski definition) is 1. The van der Waals surface area contributed by atoms with Gasteiger partial charge in [0.05, 0.1) is 13.2 Å². The first-order valence-electron chi connectivity index (χ1n) is 6.27. The molecular weight excluding hydrogens is 198 g/mol. The number of benzene rings is 1. The monoisotopic (exact) mass is 217 g/mol. The lowest BCUT2D eigenvalue weighted by Gasteiger charge is -2.15. The van der Waals surface area contributed by atoms with Crippen molar-refractivity contribution in [2.45, 2.75) is 45.4 Å². The third kappa shape index (κ3) is 2.22. The van der Waals surface area contributed by atoms with E-state index in [-0.39, 0.29) is 0 Å². The van der Waals surface area contributed by atoms with Crippen molar-refractivity contribution >= 4 is 5.69 Å². The van der Waals surface area contributed by atoms with Gasteiger partial charge in [-0.3, -0.25) is 0 Å². The van der Waals surface area contributed by atoms with Crippen LogP contribution in [0.1, 0.15) is 37.3 Å². The third-order valence-corrected chi connectivity index (χ3v) is 3.52. The van der Waals surface area contributed by atoms with E-state index in [2.05, 4.69) is 30.4 Å². The molecule has 1 aromatic carbocycles. The highest BCUT2D eigenvalue weighted by Crippen LogP contribution is 2.34. The van der Waals surface area contributed by atoms with Crippen LogP contribution in [-0.2, 0) is 18.0 Å². The van der Waals surface area contributed by atoms with Crippen LogP contribution in [-0.4, -0.2) is 6.04 Å². The Morgan fingerprint density at radius 3 is 2.94 bits per heavy atom. The molecule has 1 N–H and O–H groups in total. The van der Waals surface area contributed by atoms with Gasteiger partial charge < -0.3 is 10.1 Å². The van der Waals surface area contributed by atoms with Crippen molar-refractivity contribution in [2.24, 2.45) is 5.92 Å². The van der Waals surface area contributed by atoms with E-state index < -0.39 is 0 Å². The zero-order valence-electron chi connectivity index (χ0n) is 9.83. The second-order valence-corrected chi connectivity index (χ2v) is 5.20. The van der Waals surface area contributed by atoms with Crippen LogP contribution in [0.25, 0.3) is 0 Å². The molecule has 86 valence electrons. The van der Waals surface area contributed by atoms with Crippen molar-refractivity contribution in [1.82, 2.24) is 0 Å². The van der Waals surface area contributed by atoms with Crippen molar-refractivity contribution in [3.63, 3.8) is 0 Å². The summed E-state index contributed by atoms with van der Waals surface area (Å²) in [5, 5.41) is 3.59. The number of rotatable bonds is 4. The van der Waals surface area contributed by atoms with E-state index in [0.29, 0.717) is 6.04 Å². The maximum Gasteiger partial charge on any atom is 0.0725 e. The number of hydrogen-bond acceptors (Lipinski definition) is 2. The summed E-state index contributed by atoms with van der Waals surface area (Å²) in [5.74, 6) is 0.986. The Hall–Kier alpha value is -1.02. The number of fused-ring (bicyclic) bond motifs is 1. The molecule has 3 rings (SSSR count). The Morgan fingerprint density at radius 1 is 1.31 bits per heavy atom. The van der Waals surface area contributed by atoms with E-state index >= 15 is 0 Å². The molecule has 16 heavy (non-hydrogen) atoms. The number of nitrogens with one attached hydrogen (secondary N) is 1. The molecule has 1 aliphatic heterocycles. The van der Waals surface area contributed by atoms with Gasteiger partial charge in [-0.2, -0.15) is 0 Å². The standard InChI is InChI=1S/C14H19NO/c1-10(6-11-2-3-11)15-14-5-4-12-8-16-9-13(12)7-14/h4-5,7,10-11,15H,2-3,6,8-9H2,1H3. The molecule has 2 nitrogen and oxygen atoms in total. The molecule has 0 aromatic heterocycles. The fraction of sp³-hybridized carbons (Fsp3) is 0.571. The molecule has 2 aliphatic rings. The van der Waals surface area contributed by atoms with E-state index in [1.807, 2.05) is 0 Å². The summed E-state index contributed by atoms with van der Waals surface area (Å²) in [5.41, 5.74) is 3.95. The first kappa shape index (κ1) is 10.2. The molecule has 1 heterocycles. The smallest absolute Gasteiger partial charge is 0.0725 e. The lowest BCUT2D eigenvalue weighted by molar-refractivity contribution is 0.134. The van der Waals surface area contributed by atoms with Crippen molar-refractivity contribution in [3.05, 3.63) is 29.3 Å². The van der Waals surface area contributed by atoms with Crippen LogP contribution in [0.3, 0.4) is 0 Å². The van der Waals surface area contributed by atoms with Gasteiger partial charge in [0.15, 0.2) is 0 Å². The average molecular weight is 217 g/mol. The van der Waals surface area contributed by atoms with Crippen LogP contribution >= 0.6 is 0 Å². The van der Waals surface area contributed by atoms with E-state index in [4.69, 9.17) is 4.74 Å². The Morgan fingerprint density at radius 2 is 2.12 bits per heavy atom. The van der Waals surface area contributed by atoms with Crippen LogP contribution in [0.15, 0.2) is 18.2 Å². The number of anilines is 1. The van der Waals surface area contributed by atoms with Crippen molar-refractivity contribution in [3.8, 4) is 0 Å². The third-order valence-electron chi connectivity index (χ3n) is 3.52. The van der Waals surface area contributed by atoms with Gasteiger partial charge in [0.1, 0.15) is 0 Å². The molecule has 1 unspecified atom stereocenters. The minimum absolute atomic E-state index is 0.591. The summed E-state index contributed by atoms with van der Waals surface area (Å²) in [6, 6.07) is 7.20. The van der Waals surface area contributed by atoms with Crippen molar-refractivity contribution < 1.29 is 4.74 Å².